The van der Waals surface area contributed by atoms with Crippen LogP contribution in [0.1, 0.15) is 48.2 Å². The number of rotatable bonds is 3. The molecule has 2 heterocycles. The van der Waals surface area contributed by atoms with Gasteiger partial charge >= 0.3 is 0 Å². The fraction of sp³-hybridized carbons (Fsp3) is 0.438. The van der Waals surface area contributed by atoms with Crippen LogP contribution in [-0.4, -0.2) is 26.7 Å². The molecule has 1 aliphatic rings. The van der Waals surface area contributed by atoms with Crippen LogP contribution in [-0.2, 0) is 13.0 Å². The highest BCUT2D eigenvalue weighted by Gasteiger charge is 2.25. The number of hydrogen-bond acceptors (Lipinski definition) is 3. The molecule has 3 rings (SSSR count). The Morgan fingerprint density at radius 1 is 1.35 bits per heavy atom. The number of carbonyl (C=O) groups is 1. The first-order valence-corrected chi connectivity index (χ1v) is 8.39. The van der Waals surface area contributed by atoms with E-state index >= 15 is 0 Å². The molecule has 0 unspecified atom stereocenters. The Morgan fingerprint density at radius 3 is 2.87 bits per heavy atom. The summed E-state index contributed by atoms with van der Waals surface area (Å²) in [6.45, 7) is 4.86. The van der Waals surface area contributed by atoms with Crippen molar-refractivity contribution in [3.63, 3.8) is 0 Å². The third kappa shape index (κ3) is 3.35. The van der Waals surface area contributed by atoms with Crippen molar-refractivity contribution in [2.75, 3.05) is 0 Å². The minimum Gasteiger partial charge on any atom is -0.347 e. The Hall–Kier alpha value is -1.59. The number of fused-ring (bicyclic) bond motifs is 1. The zero-order valence-electron chi connectivity index (χ0n) is 13.0. The number of nitrogens with one attached hydrogen (secondary N) is 1. The zero-order chi connectivity index (χ0) is 16.6. The molecule has 7 heteroatoms. The minimum atomic E-state index is -0.204. The number of amides is 1. The second-order valence-corrected chi connectivity index (χ2v) is 6.92. The summed E-state index contributed by atoms with van der Waals surface area (Å²) in [6.07, 6.45) is 1.63. The zero-order valence-corrected chi connectivity index (χ0v) is 14.5. The summed E-state index contributed by atoms with van der Waals surface area (Å²) in [5.41, 5.74) is 0.401. The Balaban J connectivity index is 1.75. The molecule has 0 aliphatic carbocycles. The van der Waals surface area contributed by atoms with Crippen molar-refractivity contribution in [3.05, 3.63) is 45.5 Å². The summed E-state index contributed by atoms with van der Waals surface area (Å²) < 4.78 is 2.11. The number of nitrogens with zero attached hydrogens (tertiary/aromatic N) is 3. The molecule has 1 aromatic carbocycles. The van der Waals surface area contributed by atoms with Gasteiger partial charge in [0.15, 0.2) is 0 Å². The molecular weight excluding hydrogens is 335 g/mol. The van der Waals surface area contributed by atoms with Gasteiger partial charge in [-0.2, -0.15) is 0 Å². The molecule has 23 heavy (non-hydrogen) atoms. The molecule has 122 valence electrons. The first kappa shape index (κ1) is 16.3. The fourth-order valence-electron chi connectivity index (χ4n) is 2.83. The van der Waals surface area contributed by atoms with E-state index in [1.54, 1.807) is 18.2 Å². The molecule has 1 aliphatic heterocycles. The van der Waals surface area contributed by atoms with E-state index in [-0.39, 0.29) is 11.9 Å². The summed E-state index contributed by atoms with van der Waals surface area (Å²) in [7, 11) is 0. The molecule has 0 radical (unpaired) electrons. The van der Waals surface area contributed by atoms with Crippen LogP contribution < -0.4 is 5.32 Å². The highest BCUT2D eigenvalue weighted by atomic mass is 35.5. The van der Waals surface area contributed by atoms with Gasteiger partial charge in [0, 0.05) is 29.9 Å². The number of aryl methyl sites for hydroxylation is 1. The third-order valence-corrected chi connectivity index (χ3v) is 4.56. The highest BCUT2D eigenvalue weighted by molar-refractivity contribution is 6.35. The summed E-state index contributed by atoms with van der Waals surface area (Å²) >= 11 is 12.0. The van der Waals surface area contributed by atoms with E-state index in [1.165, 1.54) is 0 Å². The minimum absolute atomic E-state index is 0.0264. The quantitative estimate of drug-likeness (QED) is 0.919. The number of carbonyl (C=O) groups excluding carboxylic acids is 1. The molecule has 0 saturated carbocycles. The number of benzene rings is 1. The largest absolute Gasteiger partial charge is 0.347 e. The average molecular weight is 353 g/mol. The van der Waals surface area contributed by atoms with Gasteiger partial charge in [-0.1, -0.05) is 37.0 Å². The standard InChI is InChI=1S/C16H18Cl2N4O/c1-9(2)15-21-20-14-6-4-11(8-22(14)15)19-16(23)12-7-10(17)3-5-13(12)18/h3,5,7,9,11H,4,6,8H2,1-2H3,(H,19,23)/t11-/m0/s1. The van der Waals surface area contributed by atoms with Gasteiger partial charge in [0.1, 0.15) is 11.6 Å². The number of hydrogen-bond donors (Lipinski definition) is 1. The maximum absolute atomic E-state index is 12.5. The summed E-state index contributed by atoms with van der Waals surface area (Å²) in [6, 6.07) is 4.92. The number of aromatic nitrogens is 3. The maximum atomic E-state index is 12.5. The Bertz CT molecular complexity index is 742. The van der Waals surface area contributed by atoms with Crippen molar-refractivity contribution in [1.29, 1.82) is 0 Å². The molecule has 1 N–H and O–H groups in total. The first-order chi connectivity index (χ1) is 11.0. The first-order valence-electron chi connectivity index (χ1n) is 7.63. The van der Waals surface area contributed by atoms with Gasteiger partial charge in [0.2, 0.25) is 0 Å². The molecule has 1 atom stereocenters. The molecule has 0 bridgehead atoms. The van der Waals surface area contributed by atoms with Crippen molar-refractivity contribution in [1.82, 2.24) is 20.1 Å². The van der Waals surface area contributed by atoms with E-state index in [4.69, 9.17) is 23.2 Å². The Morgan fingerprint density at radius 2 is 2.13 bits per heavy atom. The summed E-state index contributed by atoms with van der Waals surface area (Å²) in [5.74, 6) is 2.04. The van der Waals surface area contributed by atoms with E-state index in [0.717, 1.165) is 24.5 Å². The predicted molar refractivity (Wildman–Crippen MR) is 90.1 cm³/mol. The van der Waals surface area contributed by atoms with Gasteiger partial charge < -0.3 is 9.88 Å². The SMILES string of the molecule is CC(C)c1nnc2n1C[C@@H](NC(=O)c1cc(Cl)ccc1Cl)CC2. The monoisotopic (exact) mass is 352 g/mol. The molecule has 5 nitrogen and oxygen atoms in total. The topological polar surface area (TPSA) is 59.8 Å². The van der Waals surface area contributed by atoms with Gasteiger partial charge in [-0.25, -0.2) is 0 Å². The Labute approximate surface area is 145 Å². The fourth-order valence-corrected chi connectivity index (χ4v) is 3.20. The average Bonchev–Trinajstić information content (AvgIpc) is 2.93. The van der Waals surface area contributed by atoms with Gasteiger partial charge in [0.05, 0.1) is 10.6 Å². The lowest BCUT2D eigenvalue weighted by Crippen LogP contribution is -2.41. The lowest BCUT2D eigenvalue weighted by Gasteiger charge is -2.26. The lowest BCUT2D eigenvalue weighted by atomic mass is 10.1. The van der Waals surface area contributed by atoms with Crippen molar-refractivity contribution in [2.45, 2.75) is 45.2 Å². The van der Waals surface area contributed by atoms with Crippen LogP contribution in [0, 0.1) is 0 Å². The van der Waals surface area contributed by atoms with Gasteiger partial charge in [-0.15, -0.1) is 10.2 Å². The predicted octanol–water partition coefficient (Wildman–Crippen LogP) is 3.45. The van der Waals surface area contributed by atoms with E-state index in [1.807, 2.05) is 0 Å². The molecule has 0 fully saturated rings. The van der Waals surface area contributed by atoms with E-state index in [0.29, 0.717) is 28.1 Å². The van der Waals surface area contributed by atoms with Crippen LogP contribution in [0.25, 0.3) is 0 Å². The van der Waals surface area contributed by atoms with Gasteiger partial charge in [0.25, 0.3) is 5.91 Å². The second kappa shape index (κ2) is 6.49. The van der Waals surface area contributed by atoms with Crippen molar-refractivity contribution in [3.8, 4) is 0 Å². The van der Waals surface area contributed by atoms with E-state index < -0.39 is 0 Å². The molecule has 2 aromatic rings. The normalized spacial score (nSPS) is 17.2. The van der Waals surface area contributed by atoms with Crippen LogP contribution in [0.15, 0.2) is 18.2 Å². The van der Waals surface area contributed by atoms with Crippen LogP contribution in [0.4, 0.5) is 0 Å². The summed E-state index contributed by atoms with van der Waals surface area (Å²) in [4.78, 5) is 12.5. The van der Waals surface area contributed by atoms with Crippen LogP contribution in [0.3, 0.4) is 0 Å². The smallest absolute Gasteiger partial charge is 0.253 e. The van der Waals surface area contributed by atoms with E-state index in [2.05, 4.69) is 33.9 Å². The molecule has 0 saturated heterocycles. The van der Waals surface area contributed by atoms with Crippen LogP contribution in [0.2, 0.25) is 10.0 Å². The molecular formula is C16H18Cl2N4O. The van der Waals surface area contributed by atoms with Crippen molar-refractivity contribution >= 4 is 29.1 Å². The second-order valence-electron chi connectivity index (χ2n) is 6.07. The molecule has 0 spiro atoms. The third-order valence-electron chi connectivity index (χ3n) is 4.00. The van der Waals surface area contributed by atoms with Crippen molar-refractivity contribution < 1.29 is 4.79 Å². The summed E-state index contributed by atoms with van der Waals surface area (Å²) in [5, 5.41) is 12.4. The highest BCUT2D eigenvalue weighted by Crippen LogP contribution is 2.23. The maximum Gasteiger partial charge on any atom is 0.253 e. The molecule has 1 amide bonds. The lowest BCUT2D eigenvalue weighted by molar-refractivity contribution is 0.0927. The molecule has 1 aromatic heterocycles. The van der Waals surface area contributed by atoms with Crippen molar-refractivity contribution in [2.24, 2.45) is 0 Å². The number of halogens is 2. The Kier molecular flexibility index (Phi) is 4.60. The van der Waals surface area contributed by atoms with Gasteiger partial charge in [-0.3, -0.25) is 4.79 Å². The van der Waals surface area contributed by atoms with Crippen LogP contribution in [0.5, 0.6) is 0 Å². The van der Waals surface area contributed by atoms with Crippen LogP contribution >= 0.6 is 23.2 Å². The van der Waals surface area contributed by atoms with Gasteiger partial charge in [-0.05, 0) is 24.6 Å². The van der Waals surface area contributed by atoms with E-state index in [9.17, 15) is 4.79 Å².